The molecule has 1 atom stereocenters. The molecule has 0 aliphatic carbocycles. The fourth-order valence-electron chi connectivity index (χ4n) is 5.88. The molecule has 6 N–H and O–H groups in total. The summed E-state index contributed by atoms with van der Waals surface area (Å²) in [6, 6.07) is 31.2. The van der Waals surface area contributed by atoms with Gasteiger partial charge in [0.2, 0.25) is 5.91 Å². The molecule has 0 spiro atoms. The maximum atomic E-state index is 13.6. The van der Waals surface area contributed by atoms with E-state index in [1.165, 1.54) is 11.3 Å². The Bertz CT molecular complexity index is 1930. The number of fused-ring (bicyclic) bond motifs is 1. The molecule has 4 aromatic carbocycles. The second-order valence-electron chi connectivity index (χ2n) is 12.1. The topological polar surface area (TPSA) is 158 Å². The lowest BCUT2D eigenvalue weighted by Crippen LogP contribution is -2.53. The Kier molecular flexibility index (Phi) is 11.1. The summed E-state index contributed by atoms with van der Waals surface area (Å²) in [6.07, 6.45) is 0.998. The molecule has 5 aromatic rings. The molecule has 6 rings (SSSR count). The van der Waals surface area contributed by atoms with Gasteiger partial charge in [0, 0.05) is 49.0 Å². The number of aromatic nitrogens is 2. The number of carbonyl (C=O) groups excluding carboxylic acids is 2. The summed E-state index contributed by atoms with van der Waals surface area (Å²) in [5.74, 6) is 1.61. The van der Waals surface area contributed by atoms with E-state index in [0.717, 1.165) is 36.3 Å². The predicted molar refractivity (Wildman–Crippen MR) is 196 cm³/mol. The summed E-state index contributed by atoms with van der Waals surface area (Å²) < 4.78 is 7.81. The number of aliphatic imine (C=N–C) groups is 1. The Morgan fingerprint density at radius 3 is 2.33 bits per heavy atom. The van der Waals surface area contributed by atoms with Gasteiger partial charge in [-0.05, 0) is 80.4 Å². The summed E-state index contributed by atoms with van der Waals surface area (Å²) >= 11 is 0. The number of primary amides is 1. The average Bonchev–Trinajstić information content (AvgIpc) is 3.44. The highest BCUT2D eigenvalue weighted by Crippen LogP contribution is 2.30. The van der Waals surface area contributed by atoms with Crippen LogP contribution in [0.3, 0.4) is 0 Å². The molecule has 2 amide bonds. The van der Waals surface area contributed by atoms with Crippen molar-refractivity contribution in [1.29, 1.82) is 0 Å². The molecule has 0 radical (unpaired) electrons. The zero-order chi connectivity index (χ0) is 34.9. The van der Waals surface area contributed by atoms with Crippen molar-refractivity contribution in [1.82, 2.24) is 14.5 Å². The van der Waals surface area contributed by atoms with Crippen LogP contribution >= 0.6 is 0 Å². The van der Waals surface area contributed by atoms with Crippen LogP contribution in [0.2, 0.25) is 0 Å². The highest BCUT2D eigenvalue weighted by molar-refractivity contribution is 5.98. The van der Waals surface area contributed by atoms with Crippen molar-refractivity contribution in [3.8, 4) is 22.9 Å². The zero-order valence-electron chi connectivity index (χ0n) is 28.3. The first kappa shape index (κ1) is 34.5. The first-order valence-corrected chi connectivity index (χ1v) is 16.4. The van der Waals surface area contributed by atoms with Crippen molar-refractivity contribution in [2.75, 3.05) is 31.1 Å². The van der Waals surface area contributed by atoms with Crippen molar-refractivity contribution >= 4 is 34.5 Å². The number of piperazine rings is 1. The van der Waals surface area contributed by atoms with Crippen LogP contribution in [-0.4, -0.2) is 64.4 Å². The Balaban J connectivity index is 0.000000606. The van der Waals surface area contributed by atoms with Crippen LogP contribution in [0.1, 0.15) is 36.2 Å². The second-order valence-corrected chi connectivity index (χ2v) is 12.1. The second kappa shape index (κ2) is 15.8. The van der Waals surface area contributed by atoms with Crippen molar-refractivity contribution in [2.24, 2.45) is 22.2 Å². The standard InChI is InChI=1S/C34H33N5O3.C4H11N3/c1-23-8-6-10-27(18-23)38-17-16-37(21-24(38)2)34(41)26-14-15-31-30(20-26)36-33(39(31)22-32(35)40)25-9-7-13-29(19-25)42-28-11-4-3-5-12-28;1-2-3-7-4(5)6/h3-15,18-20,24H,16-17,21-22H2,1-2H3,(H2,35,40);2-3H2,1H3,(H4,5,6,7). The molecule has 2 heterocycles. The highest BCUT2D eigenvalue weighted by atomic mass is 16.5. The largest absolute Gasteiger partial charge is 0.457 e. The molecule has 1 aromatic heterocycles. The summed E-state index contributed by atoms with van der Waals surface area (Å²) in [4.78, 5) is 38.5. The van der Waals surface area contributed by atoms with E-state index >= 15 is 0 Å². The lowest BCUT2D eigenvalue weighted by molar-refractivity contribution is -0.118. The van der Waals surface area contributed by atoms with Crippen molar-refractivity contribution in [3.63, 3.8) is 0 Å². The number of para-hydroxylation sites is 1. The van der Waals surface area contributed by atoms with Crippen molar-refractivity contribution < 1.29 is 14.3 Å². The number of rotatable bonds is 9. The number of ether oxygens (including phenoxy) is 1. The van der Waals surface area contributed by atoms with Gasteiger partial charge in [0.05, 0.1) is 11.0 Å². The molecular weight excluding hydrogens is 616 g/mol. The third-order valence-electron chi connectivity index (χ3n) is 8.15. The molecule has 11 heteroatoms. The van der Waals surface area contributed by atoms with Gasteiger partial charge in [-0.15, -0.1) is 0 Å². The number of guanidine groups is 1. The Morgan fingerprint density at radius 2 is 1.65 bits per heavy atom. The van der Waals surface area contributed by atoms with Crippen LogP contribution in [0.5, 0.6) is 11.5 Å². The Hall–Kier alpha value is -5.84. The molecule has 11 nitrogen and oxygen atoms in total. The van der Waals surface area contributed by atoms with E-state index in [1.807, 2.05) is 72.5 Å². The zero-order valence-corrected chi connectivity index (χ0v) is 28.3. The van der Waals surface area contributed by atoms with E-state index < -0.39 is 5.91 Å². The minimum atomic E-state index is -0.479. The van der Waals surface area contributed by atoms with Crippen molar-refractivity contribution in [2.45, 2.75) is 39.8 Å². The van der Waals surface area contributed by atoms with E-state index in [-0.39, 0.29) is 24.5 Å². The maximum absolute atomic E-state index is 13.6. The maximum Gasteiger partial charge on any atom is 0.254 e. The third-order valence-corrected chi connectivity index (χ3v) is 8.15. The van der Waals surface area contributed by atoms with Gasteiger partial charge in [0.25, 0.3) is 5.91 Å². The number of carbonyl (C=O) groups is 2. The van der Waals surface area contributed by atoms with Gasteiger partial charge in [-0.2, -0.15) is 0 Å². The van der Waals surface area contributed by atoms with E-state index in [1.54, 1.807) is 16.7 Å². The molecule has 0 saturated carbocycles. The number of nitrogens with two attached hydrogens (primary N) is 3. The van der Waals surface area contributed by atoms with Crippen LogP contribution in [0.15, 0.2) is 102 Å². The van der Waals surface area contributed by atoms with Crippen molar-refractivity contribution in [3.05, 3.63) is 108 Å². The monoisotopic (exact) mass is 660 g/mol. The van der Waals surface area contributed by atoms with Gasteiger partial charge in [-0.3, -0.25) is 14.6 Å². The molecule has 49 heavy (non-hydrogen) atoms. The summed E-state index contributed by atoms with van der Waals surface area (Å²) in [5.41, 5.74) is 20.7. The number of aryl methyl sites for hydroxylation is 1. The van der Waals surface area contributed by atoms with Crippen LogP contribution in [-0.2, 0) is 11.3 Å². The minimum Gasteiger partial charge on any atom is -0.457 e. The third kappa shape index (κ3) is 8.75. The van der Waals surface area contributed by atoms with Crippen LogP contribution in [0.4, 0.5) is 5.69 Å². The van der Waals surface area contributed by atoms with E-state index in [0.29, 0.717) is 35.7 Å². The van der Waals surface area contributed by atoms with E-state index in [4.69, 9.17) is 26.9 Å². The molecule has 1 aliphatic rings. The van der Waals surface area contributed by atoms with Gasteiger partial charge < -0.3 is 36.3 Å². The van der Waals surface area contributed by atoms with Gasteiger partial charge >= 0.3 is 0 Å². The van der Waals surface area contributed by atoms with Crippen LogP contribution in [0.25, 0.3) is 22.4 Å². The average molecular weight is 661 g/mol. The number of nitrogens with zero attached hydrogens (tertiary/aromatic N) is 5. The molecule has 1 fully saturated rings. The predicted octanol–water partition coefficient (Wildman–Crippen LogP) is 5.31. The number of benzene rings is 4. The van der Waals surface area contributed by atoms with Gasteiger partial charge in [0.15, 0.2) is 5.96 Å². The first-order chi connectivity index (χ1) is 23.6. The molecule has 1 aliphatic heterocycles. The van der Waals surface area contributed by atoms with Crippen LogP contribution in [0, 0.1) is 6.92 Å². The minimum absolute atomic E-state index is 0.0306. The number of hydrogen-bond acceptors (Lipinski definition) is 6. The van der Waals surface area contributed by atoms with Gasteiger partial charge in [-0.25, -0.2) is 4.98 Å². The van der Waals surface area contributed by atoms with E-state index in [9.17, 15) is 9.59 Å². The quantitative estimate of drug-likeness (QED) is 0.143. The molecule has 1 unspecified atom stereocenters. The number of imidazole rings is 1. The number of anilines is 1. The van der Waals surface area contributed by atoms with E-state index in [2.05, 4.69) is 48.0 Å². The smallest absolute Gasteiger partial charge is 0.254 e. The fraction of sp³-hybridized carbons (Fsp3) is 0.263. The Labute approximate surface area is 287 Å². The first-order valence-electron chi connectivity index (χ1n) is 16.4. The van der Waals surface area contributed by atoms with Gasteiger partial charge in [-0.1, -0.05) is 49.4 Å². The summed E-state index contributed by atoms with van der Waals surface area (Å²) in [5, 5.41) is 0. The number of hydrogen-bond donors (Lipinski definition) is 3. The fourth-order valence-corrected chi connectivity index (χ4v) is 5.88. The number of amides is 2. The molecule has 254 valence electrons. The summed E-state index contributed by atoms with van der Waals surface area (Å²) in [6.45, 7) is 8.98. The van der Waals surface area contributed by atoms with Gasteiger partial charge in [0.1, 0.15) is 23.9 Å². The lowest BCUT2D eigenvalue weighted by Gasteiger charge is -2.41. The Morgan fingerprint density at radius 1 is 0.898 bits per heavy atom. The lowest BCUT2D eigenvalue weighted by atomic mass is 10.1. The molecule has 1 saturated heterocycles. The molecule has 0 bridgehead atoms. The summed E-state index contributed by atoms with van der Waals surface area (Å²) in [7, 11) is 0. The van der Waals surface area contributed by atoms with Crippen LogP contribution < -0.4 is 26.8 Å². The molecular formula is C38H44N8O3. The highest BCUT2D eigenvalue weighted by Gasteiger charge is 2.28. The normalized spacial score (nSPS) is 14.1. The SMILES string of the molecule is CCCN=C(N)N.Cc1cccc(N2CCN(C(=O)c3ccc4c(c3)nc(-c3cccc(Oc5ccccc5)c3)n4CC(N)=O)CC2C)c1.